The van der Waals surface area contributed by atoms with Crippen molar-refractivity contribution >= 4 is 17.8 Å². The number of aliphatic hydroxyl groups excluding tert-OH is 1. The van der Waals surface area contributed by atoms with Crippen LogP contribution >= 0.6 is 0 Å². The first-order chi connectivity index (χ1) is 9.50. The Morgan fingerprint density at radius 2 is 1.80 bits per heavy atom. The molecule has 20 heavy (non-hydrogen) atoms. The molecule has 1 aromatic rings. The molecular weight excluding hydrogens is 262 g/mol. The summed E-state index contributed by atoms with van der Waals surface area (Å²) in [6.45, 7) is 1.23. The van der Waals surface area contributed by atoms with E-state index < -0.39 is 23.9 Å². The van der Waals surface area contributed by atoms with E-state index >= 15 is 0 Å². The molecule has 2 amide bonds. The van der Waals surface area contributed by atoms with Gasteiger partial charge in [0.2, 0.25) is 0 Å². The van der Waals surface area contributed by atoms with E-state index in [1.165, 1.54) is 6.92 Å². The zero-order valence-electron chi connectivity index (χ0n) is 11.0. The van der Waals surface area contributed by atoms with E-state index in [2.05, 4.69) is 0 Å². The minimum absolute atomic E-state index is 0.0552. The van der Waals surface area contributed by atoms with Crippen LogP contribution in [0.3, 0.4) is 0 Å². The molecule has 0 fully saturated rings. The van der Waals surface area contributed by atoms with E-state index in [9.17, 15) is 19.5 Å². The number of fused-ring (bicyclic) bond motifs is 1. The number of amides is 2. The van der Waals surface area contributed by atoms with Gasteiger partial charge in [0.05, 0.1) is 30.4 Å². The maximum atomic E-state index is 12.0. The first-order valence-electron chi connectivity index (χ1n) is 6.27. The fourth-order valence-electron chi connectivity index (χ4n) is 2.05. The third-order valence-corrected chi connectivity index (χ3v) is 3.03. The first-order valence-corrected chi connectivity index (χ1v) is 6.27. The molecule has 1 aromatic carbocycles. The molecule has 1 aliphatic heterocycles. The number of aliphatic hydroxyl groups is 1. The average molecular weight is 277 g/mol. The molecule has 0 aromatic heterocycles. The van der Waals surface area contributed by atoms with Crippen LogP contribution in [-0.2, 0) is 9.53 Å². The number of rotatable bonds is 5. The molecule has 1 atom stereocenters. The van der Waals surface area contributed by atoms with Crippen LogP contribution in [0, 0.1) is 0 Å². The Bertz CT molecular complexity index is 519. The Morgan fingerprint density at radius 1 is 1.25 bits per heavy atom. The van der Waals surface area contributed by atoms with Gasteiger partial charge in [0, 0.05) is 13.3 Å². The zero-order chi connectivity index (χ0) is 14.7. The summed E-state index contributed by atoms with van der Waals surface area (Å²) in [5.74, 6) is -1.24. The molecule has 1 N–H and O–H groups in total. The summed E-state index contributed by atoms with van der Waals surface area (Å²) in [5, 5.41) is 9.80. The second kappa shape index (κ2) is 5.83. The summed E-state index contributed by atoms with van der Waals surface area (Å²) < 4.78 is 4.71. The van der Waals surface area contributed by atoms with Gasteiger partial charge in [0.25, 0.3) is 11.8 Å². The molecule has 6 nitrogen and oxygen atoms in total. The smallest absolute Gasteiger partial charge is 0.302 e. The number of ether oxygens (including phenoxy) is 1. The standard InChI is InChI=1S/C14H15NO5/c1-9(16)20-7-6-10(17)8-15-13(18)11-4-2-3-5-12(11)14(15)19/h2-5,10,17H,6-8H2,1H3. The lowest BCUT2D eigenvalue weighted by Gasteiger charge is -2.18. The van der Waals surface area contributed by atoms with Crippen molar-refractivity contribution in [2.24, 2.45) is 0 Å². The van der Waals surface area contributed by atoms with Crippen LogP contribution < -0.4 is 0 Å². The van der Waals surface area contributed by atoms with Crippen molar-refractivity contribution in [3.8, 4) is 0 Å². The molecule has 2 rings (SSSR count). The molecule has 0 radical (unpaired) electrons. The highest BCUT2D eigenvalue weighted by Crippen LogP contribution is 2.22. The van der Waals surface area contributed by atoms with Crippen LogP contribution in [0.1, 0.15) is 34.1 Å². The van der Waals surface area contributed by atoms with E-state index in [4.69, 9.17) is 4.74 Å². The summed E-state index contributed by atoms with van der Waals surface area (Å²) >= 11 is 0. The van der Waals surface area contributed by atoms with E-state index in [0.29, 0.717) is 11.1 Å². The molecule has 0 saturated carbocycles. The van der Waals surface area contributed by atoms with Gasteiger partial charge in [-0.2, -0.15) is 0 Å². The van der Waals surface area contributed by atoms with E-state index in [1.54, 1.807) is 24.3 Å². The van der Waals surface area contributed by atoms with Crippen molar-refractivity contribution in [1.82, 2.24) is 4.90 Å². The van der Waals surface area contributed by atoms with E-state index in [1.807, 2.05) is 0 Å². The fraction of sp³-hybridized carbons (Fsp3) is 0.357. The van der Waals surface area contributed by atoms with Crippen LogP contribution in [0.15, 0.2) is 24.3 Å². The van der Waals surface area contributed by atoms with Crippen LogP contribution in [0.25, 0.3) is 0 Å². The van der Waals surface area contributed by atoms with Crippen molar-refractivity contribution in [2.75, 3.05) is 13.2 Å². The maximum absolute atomic E-state index is 12.0. The number of carbonyl (C=O) groups excluding carboxylic acids is 3. The van der Waals surface area contributed by atoms with Gasteiger partial charge in [-0.3, -0.25) is 19.3 Å². The fourth-order valence-corrected chi connectivity index (χ4v) is 2.05. The van der Waals surface area contributed by atoms with E-state index in [-0.39, 0.29) is 19.6 Å². The number of benzene rings is 1. The monoisotopic (exact) mass is 277 g/mol. The van der Waals surface area contributed by atoms with Gasteiger partial charge in [-0.1, -0.05) is 12.1 Å². The molecule has 1 unspecified atom stereocenters. The molecule has 1 heterocycles. The van der Waals surface area contributed by atoms with Crippen LogP contribution in [0.5, 0.6) is 0 Å². The minimum atomic E-state index is -0.920. The largest absolute Gasteiger partial charge is 0.466 e. The van der Waals surface area contributed by atoms with Gasteiger partial charge in [-0.15, -0.1) is 0 Å². The number of nitrogens with zero attached hydrogens (tertiary/aromatic N) is 1. The second-order valence-corrected chi connectivity index (χ2v) is 4.55. The Hall–Kier alpha value is -2.21. The van der Waals surface area contributed by atoms with Gasteiger partial charge in [-0.25, -0.2) is 0 Å². The maximum Gasteiger partial charge on any atom is 0.302 e. The highest BCUT2D eigenvalue weighted by atomic mass is 16.5. The molecule has 1 aliphatic rings. The third kappa shape index (κ3) is 2.85. The predicted octanol–water partition coefficient (Wildman–Crippen LogP) is 0.597. The van der Waals surface area contributed by atoms with Crippen LogP contribution in [0.2, 0.25) is 0 Å². The number of imide groups is 1. The van der Waals surface area contributed by atoms with Crippen molar-refractivity contribution in [3.63, 3.8) is 0 Å². The number of esters is 1. The highest BCUT2D eigenvalue weighted by molar-refractivity contribution is 6.21. The highest BCUT2D eigenvalue weighted by Gasteiger charge is 2.35. The Labute approximate surface area is 115 Å². The average Bonchev–Trinajstić information content (AvgIpc) is 2.64. The third-order valence-electron chi connectivity index (χ3n) is 3.03. The van der Waals surface area contributed by atoms with Crippen molar-refractivity contribution in [3.05, 3.63) is 35.4 Å². The molecule has 0 saturated heterocycles. The van der Waals surface area contributed by atoms with Gasteiger partial charge >= 0.3 is 5.97 Å². The number of carbonyl (C=O) groups is 3. The molecule has 0 spiro atoms. The van der Waals surface area contributed by atoms with Crippen molar-refractivity contribution in [2.45, 2.75) is 19.4 Å². The molecular formula is C14H15NO5. The Balaban J connectivity index is 1.96. The lowest BCUT2D eigenvalue weighted by molar-refractivity contribution is -0.141. The lowest BCUT2D eigenvalue weighted by Crippen LogP contribution is -2.37. The molecule has 0 bridgehead atoms. The topological polar surface area (TPSA) is 83.9 Å². The molecule has 6 heteroatoms. The van der Waals surface area contributed by atoms with Crippen molar-refractivity contribution in [1.29, 1.82) is 0 Å². The Morgan fingerprint density at radius 3 is 2.30 bits per heavy atom. The molecule has 106 valence electrons. The first kappa shape index (κ1) is 14.2. The summed E-state index contributed by atoms with van der Waals surface area (Å²) in [6.07, 6.45) is -0.746. The second-order valence-electron chi connectivity index (χ2n) is 4.55. The number of hydrogen-bond acceptors (Lipinski definition) is 5. The summed E-state index contributed by atoms with van der Waals surface area (Å²) in [5.41, 5.74) is 0.703. The van der Waals surface area contributed by atoms with Crippen molar-refractivity contribution < 1.29 is 24.2 Å². The van der Waals surface area contributed by atoms with Gasteiger partial charge in [0.15, 0.2) is 0 Å². The summed E-state index contributed by atoms with van der Waals surface area (Å²) in [7, 11) is 0. The van der Waals surface area contributed by atoms with Gasteiger partial charge in [-0.05, 0) is 12.1 Å². The minimum Gasteiger partial charge on any atom is -0.466 e. The predicted molar refractivity (Wildman–Crippen MR) is 69.1 cm³/mol. The number of hydrogen-bond donors (Lipinski definition) is 1. The van der Waals surface area contributed by atoms with Crippen LogP contribution in [0.4, 0.5) is 0 Å². The number of β-amino-alcohol motifs (C(OH)–C–C–N with tert-alkyl or cyclic N) is 1. The van der Waals surface area contributed by atoms with Gasteiger partial charge in [0.1, 0.15) is 0 Å². The van der Waals surface area contributed by atoms with Gasteiger partial charge < -0.3 is 9.84 Å². The summed E-state index contributed by atoms with van der Waals surface area (Å²) in [6, 6.07) is 6.54. The normalized spacial score (nSPS) is 15.2. The quantitative estimate of drug-likeness (QED) is 0.629. The SMILES string of the molecule is CC(=O)OCCC(O)CN1C(=O)c2ccccc2C1=O. The van der Waals surface area contributed by atoms with E-state index in [0.717, 1.165) is 4.90 Å². The van der Waals surface area contributed by atoms with Crippen LogP contribution in [-0.4, -0.2) is 47.0 Å². The lowest BCUT2D eigenvalue weighted by atomic mass is 10.1. The summed E-state index contributed by atoms with van der Waals surface area (Å²) in [4.78, 5) is 35.7. The zero-order valence-corrected chi connectivity index (χ0v) is 11.0. The Kier molecular flexibility index (Phi) is 4.14. The molecule has 0 aliphatic carbocycles.